The zero-order chi connectivity index (χ0) is 13.1. The Morgan fingerprint density at radius 1 is 1.41 bits per heavy atom. The summed E-state index contributed by atoms with van der Waals surface area (Å²) in [4.78, 5) is 11.9. The van der Waals surface area contributed by atoms with E-state index in [4.69, 9.17) is 10.9 Å². The molecule has 0 spiro atoms. The molecule has 0 heterocycles. The molecule has 0 unspecified atom stereocenters. The van der Waals surface area contributed by atoms with E-state index in [1.165, 1.54) is 0 Å². The number of nitrogens with two attached hydrogens (primary N) is 1. The molecule has 4 N–H and O–H groups in total. The van der Waals surface area contributed by atoms with Crippen LogP contribution in [0.4, 0.5) is 0 Å². The molecule has 1 amide bonds. The lowest BCUT2D eigenvalue weighted by molar-refractivity contribution is -0.124. The topological polar surface area (TPSA) is 87.7 Å². The number of hydrogen-bond donors (Lipinski definition) is 3. The Kier molecular flexibility index (Phi) is 4.01. The quantitative estimate of drug-likeness (QED) is 0.303. The van der Waals surface area contributed by atoms with Crippen molar-refractivity contribution in [1.29, 1.82) is 0 Å². The number of nitrogens with one attached hydrogen (secondary N) is 1. The Hall–Kier alpha value is -1.26. The number of carbonyl (C=O) groups is 1. The average molecular weight is 241 g/mol. The van der Waals surface area contributed by atoms with E-state index in [0.717, 1.165) is 25.7 Å². The maximum absolute atomic E-state index is 11.9. The van der Waals surface area contributed by atoms with Crippen molar-refractivity contribution >= 4 is 11.7 Å². The molecular formula is C12H23N3O2. The molecule has 0 aromatic carbocycles. The Balaban J connectivity index is 2.72. The molecule has 1 aliphatic carbocycles. The van der Waals surface area contributed by atoms with Gasteiger partial charge in [-0.2, -0.15) is 0 Å². The standard InChI is InChI=1S/C12H23N3O2/c1-11(2,3)8-9(16)14-12(10(13)15-17)6-4-5-7-12/h17H,4-8H2,1-3H3,(H2,13,15)(H,14,16). The minimum Gasteiger partial charge on any atom is -0.409 e. The fourth-order valence-corrected chi connectivity index (χ4v) is 2.31. The van der Waals surface area contributed by atoms with E-state index in [-0.39, 0.29) is 17.2 Å². The van der Waals surface area contributed by atoms with Gasteiger partial charge in [0.25, 0.3) is 0 Å². The minimum absolute atomic E-state index is 0.0361. The van der Waals surface area contributed by atoms with E-state index in [2.05, 4.69) is 10.5 Å². The molecule has 0 saturated heterocycles. The summed E-state index contributed by atoms with van der Waals surface area (Å²) < 4.78 is 0. The zero-order valence-electron chi connectivity index (χ0n) is 10.9. The average Bonchev–Trinajstić information content (AvgIpc) is 2.63. The molecule has 0 aliphatic heterocycles. The van der Waals surface area contributed by atoms with Crippen LogP contribution >= 0.6 is 0 Å². The number of amidine groups is 1. The molecule has 0 aromatic rings. The molecule has 5 heteroatoms. The van der Waals surface area contributed by atoms with Gasteiger partial charge in [-0.3, -0.25) is 4.79 Å². The lowest BCUT2D eigenvalue weighted by Crippen LogP contribution is -2.56. The van der Waals surface area contributed by atoms with Crippen LogP contribution in [0.5, 0.6) is 0 Å². The summed E-state index contributed by atoms with van der Waals surface area (Å²) in [6.45, 7) is 6.03. The molecule has 1 fully saturated rings. The lowest BCUT2D eigenvalue weighted by Gasteiger charge is -2.30. The highest BCUT2D eigenvalue weighted by Gasteiger charge is 2.40. The van der Waals surface area contributed by atoms with Crippen LogP contribution < -0.4 is 11.1 Å². The van der Waals surface area contributed by atoms with Crippen molar-refractivity contribution in [3.05, 3.63) is 0 Å². The first kappa shape index (κ1) is 13.8. The monoisotopic (exact) mass is 241 g/mol. The van der Waals surface area contributed by atoms with Crippen LogP contribution in [0, 0.1) is 5.41 Å². The molecule has 5 nitrogen and oxygen atoms in total. The van der Waals surface area contributed by atoms with Crippen LogP contribution in [-0.4, -0.2) is 22.5 Å². The SMILES string of the molecule is CC(C)(C)CC(=O)NC1(/C(N)=N/O)CCCC1. The smallest absolute Gasteiger partial charge is 0.221 e. The number of oxime groups is 1. The van der Waals surface area contributed by atoms with Crippen LogP contribution in [0.25, 0.3) is 0 Å². The summed E-state index contributed by atoms with van der Waals surface area (Å²) in [5, 5.41) is 14.8. The Morgan fingerprint density at radius 2 is 1.94 bits per heavy atom. The van der Waals surface area contributed by atoms with E-state index in [1.807, 2.05) is 20.8 Å². The molecule has 1 rings (SSSR count). The van der Waals surface area contributed by atoms with Crippen molar-refractivity contribution in [2.24, 2.45) is 16.3 Å². The Morgan fingerprint density at radius 3 is 2.35 bits per heavy atom. The van der Waals surface area contributed by atoms with Crippen molar-refractivity contribution < 1.29 is 10.0 Å². The van der Waals surface area contributed by atoms with Gasteiger partial charge in [0.1, 0.15) is 5.54 Å². The normalized spacial score (nSPS) is 20.3. The third kappa shape index (κ3) is 3.61. The van der Waals surface area contributed by atoms with Crippen LogP contribution in [0.15, 0.2) is 5.16 Å². The van der Waals surface area contributed by atoms with Crippen LogP contribution in [-0.2, 0) is 4.79 Å². The predicted molar refractivity (Wildman–Crippen MR) is 66.8 cm³/mol. The van der Waals surface area contributed by atoms with Crippen LogP contribution in [0.1, 0.15) is 52.9 Å². The van der Waals surface area contributed by atoms with Gasteiger partial charge in [-0.05, 0) is 18.3 Å². The van der Waals surface area contributed by atoms with Gasteiger partial charge in [0.15, 0.2) is 5.84 Å². The summed E-state index contributed by atoms with van der Waals surface area (Å²) in [7, 11) is 0. The Labute approximate surface area is 102 Å². The number of nitrogens with zero attached hydrogens (tertiary/aromatic N) is 1. The van der Waals surface area contributed by atoms with E-state index in [9.17, 15) is 4.79 Å². The first-order valence-electron chi connectivity index (χ1n) is 6.08. The second-order valence-electron chi connectivity index (χ2n) is 6.06. The summed E-state index contributed by atoms with van der Waals surface area (Å²) in [5.41, 5.74) is 5.02. The largest absolute Gasteiger partial charge is 0.409 e. The fourth-order valence-electron chi connectivity index (χ4n) is 2.31. The van der Waals surface area contributed by atoms with Crippen molar-refractivity contribution in [1.82, 2.24) is 5.32 Å². The van der Waals surface area contributed by atoms with E-state index >= 15 is 0 Å². The van der Waals surface area contributed by atoms with E-state index in [1.54, 1.807) is 0 Å². The molecule has 98 valence electrons. The lowest BCUT2D eigenvalue weighted by atomic mass is 9.90. The number of amides is 1. The maximum atomic E-state index is 11.9. The molecular weight excluding hydrogens is 218 g/mol. The second-order valence-corrected chi connectivity index (χ2v) is 6.06. The van der Waals surface area contributed by atoms with Gasteiger partial charge in [0.05, 0.1) is 0 Å². The highest BCUT2D eigenvalue weighted by molar-refractivity contribution is 5.94. The van der Waals surface area contributed by atoms with Gasteiger partial charge in [0.2, 0.25) is 5.91 Å². The molecule has 1 saturated carbocycles. The molecule has 0 aromatic heterocycles. The summed E-state index contributed by atoms with van der Waals surface area (Å²) in [6, 6.07) is 0. The summed E-state index contributed by atoms with van der Waals surface area (Å²) >= 11 is 0. The zero-order valence-corrected chi connectivity index (χ0v) is 10.9. The Bertz CT molecular complexity index is 312. The van der Waals surface area contributed by atoms with Crippen molar-refractivity contribution in [2.45, 2.75) is 58.4 Å². The van der Waals surface area contributed by atoms with Gasteiger partial charge in [-0.15, -0.1) is 0 Å². The van der Waals surface area contributed by atoms with Gasteiger partial charge in [0, 0.05) is 6.42 Å². The first-order valence-corrected chi connectivity index (χ1v) is 6.08. The number of rotatable bonds is 3. The second kappa shape index (κ2) is 4.94. The van der Waals surface area contributed by atoms with Gasteiger partial charge >= 0.3 is 0 Å². The van der Waals surface area contributed by atoms with Crippen molar-refractivity contribution in [3.63, 3.8) is 0 Å². The van der Waals surface area contributed by atoms with Crippen molar-refractivity contribution in [2.75, 3.05) is 0 Å². The third-order valence-corrected chi connectivity index (χ3v) is 3.12. The van der Waals surface area contributed by atoms with Crippen LogP contribution in [0.2, 0.25) is 0 Å². The molecule has 1 aliphatic rings. The van der Waals surface area contributed by atoms with E-state index < -0.39 is 5.54 Å². The van der Waals surface area contributed by atoms with Gasteiger partial charge < -0.3 is 16.3 Å². The molecule has 0 atom stereocenters. The van der Waals surface area contributed by atoms with Gasteiger partial charge in [-0.1, -0.05) is 38.8 Å². The fraction of sp³-hybridized carbons (Fsp3) is 0.833. The van der Waals surface area contributed by atoms with Gasteiger partial charge in [-0.25, -0.2) is 0 Å². The number of carbonyl (C=O) groups excluding carboxylic acids is 1. The predicted octanol–water partition coefficient (Wildman–Crippen LogP) is 1.60. The maximum Gasteiger partial charge on any atom is 0.221 e. The summed E-state index contributed by atoms with van der Waals surface area (Å²) in [6.07, 6.45) is 3.92. The highest BCUT2D eigenvalue weighted by atomic mass is 16.4. The highest BCUT2D eigenvalue weighted by Crippen LogP contribution is 2.30. The summed E-state index contributed by atoms with van der Waals surface area (Å²) in [5.74, 6) is 0.0864. The third-order valence-electron chi connectivity index (χ3n) is 3.12. The number of hydrogen-bond acceptors (Lipinski definition) is 3. The molecule has 17 heavy (non-hydrogen) atoms. The minimum atomic E-state index is -0.628. The van der Waals surface area contributed by atoms with Crippen LogP contribution in [0.3, 0.4) is 0 Å². The van der Waals surface area contributed by atoms with Crippen molar-refractivity contribution in [3.8, 4) is 0 Å². The van der Waals surface area contributed by atoms with E-state index in [0.29, 0.717) is 6.42 Å². The molecule has 0 radical (unpaired) electrons. The molecule has 0 bridgehead atoms. The first-order chi connectivity index (χ1) is 7.79.